The number of carbonyl (C=O) groups is 1. The molecule has 4 rings (SSSR count). The lowest BCUT2D eigenvalue weighted by Crippen LogP contribution is -2.35. The highest BCUT2D eigenvalue weighted by molar-refractivity contribution is 6.04. The van der Waals surface area contributed by atoms with Crippen molar-refractivity contribution in [3.05, 3.63) is 70.1 Å². The van der Waals surface area contributed by atoms with E-state index in [1.807, 2.05) is 25.1 Å². The van der Waals surface area contributed by atoms with Crippen molar-refractivity contribution in [1.29, 1.82) is 0 Å². The standard InChI is InChI=1S/C23H26N4O3/c1-3-30-17-12-10-16(11-13-17)20-9-6-14-26(20)15-27-23(29)19-8-5-4-7-18(19)21(25-27)22(28)24-2/h4-5,7-8,10-13,20H,3,6,9,14-15H2,1-2H3,(H,24,28)/t20-/m0/s1. The van der Waals surface area contributed by atoms with Crippen LogP contribution in [0.3, 0.4) is 0 Å². The molecule has 30 heavy (non-hydrogen) atoms. The molecular weight excluding hydrogens is 380 g/mol. The van der Waals surface area contributed by atoms with E-state index >= 15 is 0 Å². The zero-order valence-corrected chi connectivity index (χ0v) is 17.3. The van der Waals surface area contributed by atoms with Gasteiger partial charge in [-0.1, -0.05) is 30.3 Å². The number of carbonyl (C=O) groups excluding carboxylic acids is 1. The Morgan fingerprint density at radius 3 is 2.60 bits per heavy atom. The van der Waals surface area contributed by atoms with Crippen LogP contribution in [0.15, 0.2) is 53.3 Å². The zero-order chi connectivity index (χ0) is 21.1. The first-order valence-corrected chi connectivity index (χ1v) is 10.3. The third kappa shape index (κ3) is 3.80. The van der Waals surface area contributed by atoms with Crippen molar-refractivity contribution in [2.75, 3.05) is 20.2 Å². The second kappa shape index (κ2) is 8.67. The molecule has 1 N–H and O–H groups in total. The van der Waals surface area contributed by atoms with Crippen molar-refractivity contribution in [2.24, 2.45) is 0 Å². The predicted molar refractivity (Wildman–Crippen MR) is 116 cm³/mol. The van der Waals surface area contributed by atoms with Gasteiger partial charge in [0, 0.05) is 25.0 Å². The fourth-order valence-corrected chi connectivity index (χ4v) is 4.11. The van der Waals surface area contributed by atoms with E-state index in [9.17, 15) is 9.59 Å². The predicted octanol–water partition coefficient (Wildman–Crippen LogP) is 2.95. The van der Waals surface area contributed by atoms with E-state index in [4.69, 9.17) is 4.74 Å². The first kappa shape index (κ1) is 20.1. The maximum atomic E-state index is 13.1. The van der Waals surface area contributed by atoms with E-state index < -0.39 is 0 Å². The second-order valence-electron chi connectivity index (χ2n) is 7.39. The Bertz CT molecular complexity index is 1110. The Morgan fingerprint density at radius 2 is 1.90 bits per heavy atom. The maximum absolute atomic E-state index is 13.1. The summed E-state index contributed by atoms with van der Waals surface area (Å²) in [5, 5.41) is 8.13. The summed E-state index contributed by atoms with van der Waals surface area (Å²) in [5.41, 5.74) is 1.27. The third-order valence-electron chi connectivity index (χ3n) is 5.57. The van der Waals surface area contributed by atoms with Crippen molar-refractivity contribution < 1.29 is 9.53 Å². The molecule has 1 aliphatic rings. The molecule has 1 amide bonds. The summed E-state index contributed by atoms with van der Waals surface area (Å²) in [7, 11) is 1.57. The van der Waals surface area contributed by atoms with E-state index in [0.717, 1.165) is 25.1 Å². The van der Waals surface area contributed by atoms with E-state index in [-0.39, 0.29) is 23.2 Å². The molecule has 156 valence electrons. The number of nitrogens with zero attached hydrogens (tertiary/aromatic N) is 3. The van der Waals surface area contributed by atoms with Gasteiger partial charge in [-0.2, -0.15) is 5.10 Å². The molecular formula is C23H26N4O3. The normalized spacial score (nSPS) is 16.7. The van der Waals surface area contributed by atoms with Crippen LogP contribution in [0, 0.1) is 0 Å². The molecule has 0 bridgehead atoms. The lowest BCUT2D eigenvalue weighted by Gasteiger charge is -2.25. The van der Waals surface area contributed by atoms with Crippen molar-refractivity contribution in [3.63, 3.8) is 0 Å². The van der Waals surface area contributed by atoms with Gasteiger partial charge in [-0.25, -0.2) is 4.68 Å². The first-order valence-electron chi connectivity index (χ1n) is 10.3. The molecule has 1 saturated heterocycles. The number of fused-ring (bicyclic) bond motifs is 1. The summed E-state index contributed by atoms with van der Waals surface area (Å²) in [5.74, 6) is 0.554. The molecule has 1 atom stereocenters. The fraction of sp³-hybridized carbons (Fsp3) is 0.348. The van der Waals surface area contributed by atoms with Crippen LogP contribution in [-0.2, 0) is 6.67 Å². The van der Waals surface area contributed by atoms with Crippen molar-refractivity contribution in [3.8, 4) is 5.75 Å². The molecule has 1 aliphatic heterocycles. The molecule has 1 fully saturated rings. The summed E-state index contributed by atoms with van der Waals surface area (Å²) < 4.78 is 6.96. The molecule has 0 aliphatic carbocycles. The zero-order valence-electron chi connectivity index (χ0n) is 17.3. The van der Waals surface area contributed by atoms with Gasteiger partial charge in [0.1, 0.15) is 5.75 Å². The van der Waals surface area contributed by atoms with Crippen LogP contribution in [0.2, 0.25) is 0 Å². The van der Waals surface area contributed by atoms with Crippen LogP contribution in [0.5, 0.6) is 5.75 Å². The van der Waals surface area contributed by atoms with Crippen LogP contribution in [-0.4, -0.2) is 40.8 Å². The second-order valence-corrected chi connectivity index (χ2v) is 7.39. The average molecular weight is 406 g/mol. The molecule has 0 unspecified atom stereocenters. The number of rotatable bonds is 6. The number of hydrogen-bond donors (Lipinski definition) is 1. The minimum absolute atomic E-state index is 0.185. The molecule has 3 aromatic rings. The van der Waals surface area contributed by atoms with Gasteiger partial charge in [0.25, 0.3) is 11.5 Å². The highest BCUT2D eigenvalue weighted by Crippen LogP contribution is 2.33. The molecule has 1 aromatic heterocycles. The van der Waals surface area contributed by atoms with Gasteiger partial charge in [0.2, 0.25) is 0 Å². The molecule has 0 saturated carbocycles. The summed E-state index contributed by atoms with van der Waals surface area (Å²) in [6.07, 6.45) is 2.06. The quantitative estimate of drug-likeness (QED) is 0.681. The Hall–Kier alpha value is -3.19. The van der Waals surface area contributed by atoms with Gasteiger partial charge < -0.3 is 10.1 Å². The van der Waals surface area contributed by atoms with Crippen LogP contribution in [0.25, 0.3) is 10.8 Å². The third-order valence-corrected chi connectivity index (χ3v) is 5.57. The Labute approximate surface area is 175 Å². The maximum Gasteiger partial charge on any atom is 0.275 e. The number of amides is 1. The summed E-state index contributed by atoms with van der Waals surface area (Å²) in [6, 6.07) is 15.5. The number of benzene rings is 2. The van der Waals surface area contributed by atoms with Gasteiger partial charge in [-0.15, -0.1) is 0 Å². The van der Waals surface area contributed by atoms with E-state index in [1.165, 1.54) is 10.2 Å². The summed E-state index contributed by atoms with van der Waals surface area (Å²) >= 11 is 0. The van der Waals surface area contributed by atoms with Gasteiger partial charge in [-0.3, -0.25) is 14.5 Å². The van der Waals surface area contributed by atoms with E-state index in [0.29, 0.717) is 24.0 Å². The molecule has 0 radical (unpaired) electrons. The van der Waals surface area contributed by atoms with Crippen molar-refractivity contribution in [1.82, 2.24) is 20.0 Å². The van der Waals surface area contributed by atoms with Gasteiger partial charge in [0.15, 0.2) is 5.69 Å². The minimum Gasteiger partial charge on any atom is -0.494 e. The molecule has 2 aromatic carbocycles. The largest absolute Gasteiger partial charge is 0.494 e. The van der Waals surface area contributed by atoms with Gasteiger partial charge in [-0.05, 0) is 43.5 Å². The topological polar surface area (TPSA) is 76.5 Å². The van der Waals surface area contributed by atoms with Crippen LogP contribution in [0.4, 0.5) is 0 Å². The lowest BCUT2D eigenvalue weighted by molar-refractivity contribution is 0.0955. The number of hydrogen-bond acceptors (Lipinski definition) is 5. The summed E-state index contributed by atoms with van der Waals surface area (Å²) in [4.78, 5) is 27.7. The fourth-order valence-electron chi connectivity index (χ4n) is 4.11. The Morgan fingerprint density at radius 1 is 1.17 bits per heavy atom. The number of nitrogens with one attached hydrogen (secondary N) is 1. The van der Waals surface area contributed by atoms with Crippen LogP contribution in [0.1, 0.15) is 41.9 Å². The SMILES string of the molecule is CCOc1ccc([C@@H]2CCCN2Cn2nc(C(=O)NC)c3ccccc3c2=O)cc1. The summed E-state index contributed by atoms with van der Waals surface area (Å²) in [6.45, 7) is 3.81. The molecule has 0 spiro atoms. The van der Waals surface area contributed by atoms with E-state index in [1.54, 1.807) is 25.2 Å². The number of aromatic nitrogens is 2. The van der Waals surface area contributed by atoms with Crippen molar-refractivity contribution >= 4 is 16.7 Å². The smallest absolute Gasteiger partial charge is 0.275 e. The Kier molecular flexibility index (Phi) is 5.81. The van der Waals surface area contributed by atoms with E-state index in [2.05, 4.69) is 27.4 Å². The minimum atomic E-state index is -0.301. The highest BCUT2D eigenvalue weighted by atomic mass is 16.5. The van der Waals surface area contributed by atoms with Gasteiger partial charge in [0.05, 0.1) is 18.7 Å². The van der Waals surface area contributed by atoms with Crippen LogP contribution >= 0.6 is 0 Å². The Balaban J connectivity index is 1.67. The number of ether oxygens (including phenoxy) is 1. The average Bonchev–Trinajstić information content (AvgIpc) is 3.24. The number of likely N-dealkylation sites (tertiary alicyclic amines) is 1. The monoisotopic (exact) mass is 406 g/mol. The van der Waals surface area contributed by atoms with Gasteiger partial charge >= 0.3 is 0 Å². The van der Waals surface area contributed by atoms with Crippen molar-refractivity contribution in [2.45, 2.75) is 32.5 Å². The first-order chi connectivity index (χ1) is 14.6. The highest BCUT2D eigenvalue weighted by Gasteiger charge is 2.27. The van der Waals surface area contributed by atoms with Crippen LogP contribution < -0.4 is 15.6 Å². The molecule has 2 heterocycles. The molecule has 7 heteroatoms. The lowest BCUT2D eigenvalue weighted by atomic mass is 10.0. The molecule has 7 nitrogen and oxygen atoms in total.